The summed E-state index contributed by atoms with van der Waals surface area (Å²) >= 11 is 2.59. The molecule has 27 heavy (non-hydrogen) atoms. The van der Waals surface area contributed by atoms with Crippen LogP contribution < -0.4 is 5.32 Å². The number of aromatic amines is 1. The van der Waals surface area contributed by atoms with Gasteiger partial charge in [-0.15, -0.1) is 21.5 Å². The highest BCUT2D eigenvalue weighted by atomic mass is 32.2. The standard InChI is InChI=1S/C18H20N4O3S2/c1-18(2,3)16(24)20-9-11-6-7-14(27-11)13(23)10-26-17-22-21-15(25-17)12-5-4-8-19-12/h4-8,19H,9-10H2,1-3H3,(H,20,24). The maximum Gasteiger partial charge on any atom is 0.277 e. The molecule has 0 radical (unpaired) electrons. The summed E-state index contributed by atoms with van der Waals surface area (Å²) in [6.07, 6.45) is 1.77. The molecule has 0 unspecified atom stereocenters. The molecule has 0 aliphatic heterocycles. The number of aromatic nitrogens is 3. The summed E-state index contributed by atoms with van der Waals surface area (Å²) in [5.41, 5.74) is 0.302. The Hall–Kier alpha value is -2.39. The summed E-state index contributed by atoms with van der Waals surface area (Å²) in [7, 11) is 0. The van der Waals surface area contributed by atoms with Crippen molar-refractivity contribution in [1.29, 1.82) is 0 Å². The van der Waals surface area contributed by atoms with Crippen LogP contribution in [0.25, 0.3) is 11.6 Å². The molecule has 0 saturated carbocycles. The van der Waals surface area contributed by atoms with Crippen molar-refractivity contribution in [2.75, 3.05) is 5.75 Å². The first-order chi connectivity index (χ1) is 12.8. The second-order valence-corrected chi connectivity index (χ2v) is 8.96. The molecule has 0 aliphatic carbocycles. The third-order valence-electron chi connectivity index (χ3n) is 3.60. The summed E-state index contributed by atoms with van der Waals surface area (Å²) < 4.78 is 5.53. The van der Waals surface area contributed by atoms with Crippen LogP contribution in [0.1, 0.15) is 35.3 Å². The predicted molar refractivity (Wildman–Crippen MR) is 105 cm³/mol. The van der Waals surface area contributed by atoms with E-state index >= 15 is 0 Å². The summed E-state index contributed by atoms with van der Waals surface area (Å²) in [5, 5.41) is 11.1. The minimum atomic E-state index is -0.435. The van der Waals surface area contributed by atoms with Gasteiger partial charge in [-0.05, 0) is 24.3 Å². The lowest BCUT2D eigenvalue weighted by Gasteiger charge is -2.17. The number of rotatable bonds is 7. The summed E-state index contributed by atoms with van der Waals surface area (Å²) in [6, 6.07) is 7.32. The quantitative estimate of drug-likeness (QED) is 0.459. The van der Waals surface area contributed by atoms with E-state index in [0.29, 0.717) is 22.5 Å². The molecular weight excluding hydrogens is 384 g/mol. The number of hydrogen-bond acceptors (Lipinski definition) is 7. The molecule has 0 fully saturated rings. The Morgan fingerprint density at radius 1 is 1.26 bits per heavy atom. The van der Waals surface area contributed by atoms with E-state index in [0.717, 1.165) is 10.6 Å². The first-order valence-electron chi connectivity index (χ1n) is 8.33. The molecule has 0 aliphatic rings. The summed E-state index contributed by atoms with van der Waals surface area (Å²) in [4.78, 5) is 28.9. The lowest BCUT2D eigenvalue weighted by Crippen LogP contribution is -2.34. The fraction of sp³-hybridized carbons (Fsp3) is 0.333. The molecule has 1 amide bonds. The summed E-state index contributed by atoms with van der Waals surface area (Å²) in [5.74, 6) is 0.565. The van der Waals surface area contributed by atoms with Crippen LogP contribution in [0, 0.1) is 5.41 Å². The van der Waals surface area contributed by atoms with Crippen molar-refractivity contribution in [3.05, 3.63) is 40.2 Å². The Kier molecular flexibility index (Phi) is 5.81. The number of hydrogen-bond donors (Lipinski definition) is 2. The molecule has 0 spiro atoms. The fourth-order valence-corrected chi connectivity index (χ4v) is 3.72. The molecule has 2 N–H and O–H groups in total. The van der Waals surface area contributed by atoms with E-state index in [-0.39, 0.29) is 17.4 Å². The molecule has 0 bridgehead atoms. The minimum absolute atomic E-state index is 0.0157. The number of thiophene rings is 1. The van der Waals surface area contributed by atoms with Crippen molar-refractivity contribution in [3.8, 4) is 11.6 Å². The first kappa shape index (κ1) is 19.4. The zero-order chi connectivity index (χ0) is 19.4. The van der Waals surface area contributed by atoms with Gasteiger partial charge in [0, 0.05) is 16.5 Å². The Balaban J connectivity index is 1.52. The van der Waals surface area contributed by atoms with Crippen molar-refractivity contribution in [2.45, 2.75) is 32.5 Å². The third-order valence-corrected chi connectivity index (χ3v) is 5.55. The van der Waals surface area contributed by atoms with Crippen LogP contribution in [0.15, 0.2) is 40.1 Å². The second kappa shape index (κ2) is 8.10. The largest absolute Gasteiger partial charge is 0.410 e. The Labute approximate surface area is 165 Å². The van der Waals surface area contributed by atoms with Crippen molar-refractivity contribution < 1.29 is 14.0 Å². The predicted octanol–water partition coefficient (Wildman–Crippen LogP) is 3.76. The van der Waals surface area contributed by atoms with Crippen molar-refractivity contribution in [3.63, 3.8) is 0 Å². The highest BCUT2D eigenvalue weighted by molar-refractivity contribution is 7.99. The van der Waals surface area contributed by atoms with E-state index in [1.807, 2.05) is 39.0 Å². The van der Waals surface area contributed by atoms with Gasteiger partial charge >= 0.3 is 0 Å². The number of nitrogens with zero attached hydrogens (tertiary/aromatic N) is 2. The molecule has 0 aromatic carbocycles. The lowest BCUT2D eigenvalue weighted by molar-refractivity contribution is -0.128. The van der Waals surface area contributed by atoms with Gasteiger partial charge in [0.15, 0.2) is 5.78 Å². The van der Waals surface area contributed by atoms with E-state index < -0.39 is 5.41 Å². The number of thioether (sulfide) groups is 1. The van der Waals surface area contributed by atoms with Gasteiger partial charge < -0.3 is 14.7 Å². The average Bonchev–Trinajstić information content (AvgIpc) is 3.37. The van der Waals surface area contributed by atoms with Crippen molar-refractivity contribution in [2.24, 2.45) is 5.41 Å². The molecular formula is C18H20N4O3S2. The Morgan fingerprint density at radius 2 is 2.07 bits per heavy atom. The average molecular weight is 405 g/mol. The maximum atomic E-state index is 12.4. The van der Waals surface area contributed by atoms with Crippen LogP contribution in [0.2, 0.25) is 0 Å². The number of ketones is 1. The molecule has 3 heterocycles. The zero-order valence-electron chi connectivity index (χ0n) is 15.2. The number of carbonyl (C=O) groups is 2. The second-order valence-electron chi connectivity index (χ2n) is 6.87. The van der Waals surface area contributed by atoms with Crippen LogP contribution in [-0.4, -0.2) is 32.6 Å². The van der Waals surface area contributed by atoms with E-state index in [9.17, 15) is 9.59 Å². The third kappa shape index (κ3) is 5.08. The smallest absolute Gasteiger partial charge is 0.277 e. The van der Waals surface area contributed by atoms with Gasteiger partial charge in [0.2, 0.25) is 5.91 Å². The monoisotopic (exact) mass is 404 g/mol. The van der Waals surface area contributed by atoms with Gasteiger partial charge in [-0.3, -0.25) is 9.59 Å². The van der Waals surface area contributed by atoms with Gasteiger partial charge in [-0.25, -0.2) is 0 Å². The Morgan fingerprint density at radius 3 is 2.78 bits per heavy atom. The molecule has 7 nitrogen and oxygen atoms in total. The number of H-pyrrole nitrogens is 1. The van der Waals surface area contributed by atoms with E-state index in [1.54, 1.807) is 12.3 Å². The molecule has 0 atom stereocenters. The first-order valence-corrected chi connectivity index (χ1v) is 10.1. The van der Waals surface area contributed by atoms with Gasteiger partial charge in [0.1, 0.15) is 5.69 Å². The number of Topliss-reactive ketones (excluding diaryl/α,β-unsaturated/α-hetero) is 1. The van der Waals surface area contributed by atoms with Crippen LogP contribution in [-0.2, 0) is 11.3 Å². The van der Waals surface area contributed by atoms with Gasteiger partial charge in [-0.1, -0.05) is 32.5 Å². The number of amides is 1. The van der Waals surface area contributed by atoms with E-state index in [4.69, 9.17) is 4.42 Å². The lowest BCUT2D eigenvalue weighted by atomic mass is 9.96. The summed E-state index contributed by atoms with van der Waals surface area (Å²) in [6.45, 7) is 6.01. The molecule has 0 saturated heterocycles. The highest BCUT2D eigenvalue weighted by Gasteiger charge is 2.21. The van der Waals surface area contributed by atoms with Crippen molar-refractivity contribution >= 4 is 34.8 Å². The molecule has 3 rings (SSSR count). The molecule has 3 aromatic heterocycles. The van der Waals surface area contributed by atoms with Crippen LogP contribution in [0.4, 0.5) is 0 Å². The normalized spacial score (nSPS) is 11.5. The SMILES string of the molecule is CC(C)(C)C(=O)NCc1ccc(C(=O)CSc2nnc(-c3ccc[nH]3)o2)s1. The maximum absolute atomic E-state index is 12.4. The van der Waals surface area contributed by atoms with Crippen LogP contribution >= 0.6 is 23.1 Å². The molecule has 9 heteroatoms. The topological polar surface area (TPSA) is 101 Å². The zero-order valence-corrected chi connectivity index (χ0v) is 16.9. The van der Waals surface area contributed by atoms with Gasteiger partial charge in [-0.2, -0.15) is 0 Å². The number of carbonyl (C=O) groups excluding carboxylic acids is 2. The van der Waals surface area contributed by atoms with E-state index in [2.05, 4.69) is 20.5 Å². The van der Waals surface area contributed by atoms with Gasteiger partial charge in [0.05, 0.1) is 17.2 Å². The molecule has 142 valence electrons. The molecule has 3 aromatic rings. The fourth-order valence-electron chi connectivity index (χ4n) is 2.09. The van der Waals surface area contributed by atoms with Gasteiger partial charge in [0.25, 0.3) is 11.1 Å². The number of nitrogens with one attached hydrogen (secondary N) is 2. The Bertz CT molecular complexity index is 923. The highest BCUT2D eigenvalue weighted by Crippen LogP contribution is 2.24. The van der Waals surface area contributed by atoms with E-state index in [1.165, 1.54) is 23.1 Å². The van der Waals surface area contributed by atoms with Crippen molar-refractivity contribution in [1.82, 2.24) is 20.5 Å². The minimum Gasteiger partial charge on any atom is -0.410 e. The van der Waals surface area contributed by atoms with Crippen LogP contribution in [0.3, 0.4) is 0 Å². The van der Waals surface area contributed by atoms with Crippen LogP contribution in [0.5, 0.6) is 0 Å².